The van der Waals surface area contributed by atoms with Crippen molar-refractivity contribution in [3.63, 3.8) is 0 Å². The highest BCUT2D eigenvalue weighted by atomic mass is 16.5. The molecule has 6 heteroatoms. The molecule has 0 saturated carbocycles. The predicted octanol–water partition coefficient (Wildman–Crippen LogP) is 1.91. The summed E-state index contributed by atoms with van der Waals surface area (Å²) in [6.45, 7) is 5.49. The average Bonchev–Trinajstić information content (AvgIpc) is 2.50. The van der Waals surface area contributed by atoms with E-state index < -0.39 is 0 Å². The van der Waals surface area contributed by atoms with E-state index in [0.717, 1.165) is 0 Å². The number of ether oxygens (including phenoxy) is 4. The fourth-order valence-electron chi connectivity index (χ4n) is 1.86. The van der Waals surface area contributed by atoms with E-state index in [9.17, 15) is 4.79 Å². The molecule has 1 amide bonds. The summed E-state index contributed by atoms with van der Waals surface area (Å²) in [4.78, 5) is 11.6. The number of methoxy groups -OCH3 is 4. The molecule has 6 nitrogen and oxygen atoms in total. The monoisotopic (exact) mass is 295 g/mol. The van der Waals surface area contributed by atoms with Crippen molar-refractivity contribution in [1.82, 2.24) is 5.32 Å². The van der Waals surface area contributed by atoms with Gasteiger partial charge in [0.1, 0.15) is 0 Å². The first-order chi connectivity index (χ1) is 9.99. The van der Waals surface area contributed by atoms with Crippen molar-refractivity contribution >= 4 is 5.91 Å². The number of amides is 1. The molecule has 0 unspecified atom stereocenters. The molecule has 1 aromatic carbocycles. The maximum atomic E-state index is 11.6. The molecule has 0 heterocycles. The Bertz CT molecular complexity index is 539. The molecular weight excluding hydrogens is 274 g/mol. The van der Waals surface area contributed by atoms with Crippen LogP contribution in [0.15, 0.2) is 18.2 Å². The summed E-state index contributed by atoms with van der Waals surface area (Å²) in [6, 6.07) is 1.74. The molecular formula is C15H21NO5. The number of hydrogen-bond acceptors (Lipinski definition) is 5. The summed E-state index contributed by atoms with van der Waals surface area (Å²) in [7, 11) is 6.08. The molecule has 0 aliphatic rings. The van der Waals surface area contributed by atoms with Crippen molar-refractivity contribution in [2.45, 2.75) is 13.5 Å². The van der Waals surface area contributed by atoms with Gasteiger partial charge in [0.15, 0.2) is 11.5 Å². The third-order valence-electron chi connectivity index (χ3n) is 2.89. The molecule has 116 valence electrons. The summed E-state index contributed by atoms with van der Waals surface area (Å²) in [5, 5.41) is 2.74. The fraction of sp³-hybridized carbons (Fsp3) is 0.400. The smallest absolute Gasteiger partial charge is 0.246 e. The maximum absolute atomic E-state index is 11.6. The third-order valence-corrected chi connectivity index (χ3v) is 2.89. The zero-order valence-electron chi connectivity index (χ0n) is 13.0. The van der Waals surface area contributed by atoms with Crippen LogP contribution in [0.2, 0.25) is 0 Å². The van der Waals surface area contributed by atoms with Gasteiger partial charge in [0.2, 0.25) is 17.4 Å². The second-order valence-electron chi connectivity index (χ2n) is 4.30. The summed E-state index contributed by atoms with van der Waals surface area (Å²) in [6.07, 6.45) is 0. The number of carbonyl (C=O) groups excluding carboxylic acids is 1. The zero-order chi connectivity index (χ0) is 16.0. The predicted molar refractivity (Wildman–Crippen MR) is 79.3 cm³/mol. The molecule has 0 aliphatic heterocycles. The second kappa shape index (κ2) is 7.42. The Balaban J connectivity index is 3.24. The molecule has 0 fully saturated rings. The summed E-state index contributed by atoms with van der Waals surface area (Å²) in [5.74, 6) is 1.60. The first kappa shape index (κ1) is 16.7. The lowest BCUT2D eigenvalue weighted by Gasteiger charge is -2.18. The fourth-order valence-corrected chi connectivity index (χ4v) is 1.86. The molecule has 0 radical (unpaired) electrons. The van der Waals surface area contributed by atoms with Gasteiger partial charge >= 0.3 is 0 Å². The van der Waals surface area contributed by atoms with Crippen LogP contribution in [-0.2, 0) is 11.3 Å². The van der Waals surface area contributed by atoms with Crippen LogP contribution in [0.3, 0.4) is 0 Å². The van der Waals surface area contributed by atoms with Gasteiger partial charge in [0.05, 0.1) is 28.4 Å². The van der Waals surface area contributed by atoms with Crippen molar-refractivity contribution in [2.75, 3.05) is 28.4 Å². The van der Waals surface area contributed by atoms with Gasteiger partial charge in [-0.25, -0.2) is 0 Å². The molecule has 0 atom stereocenters. The van der Waals surface area contributed by atoms with Gasteiger partial charge in [-0.2, -0.15) is 0 Å². The number of rotatable bonds is 7. The lowest BCUT2D eigenvalue weighted by Crippen LogP contribution is -2.23. The molecule has 0 saturated heterocycles. The van der Waals surface area contributed by atoms with Gasteiger partial charge in [-0.05, 0) is 13.0 Å². The molecule has 1 aromatic rings. The van der Waals surface area contributed by atoms with Crippen LogP contribution < -0.4 is 24.3 Å². The van der Waals surface area contributed by atoms with Gasteiger partial charge < -0.3 is 24.3 Å². The van der Waals surface area contributed by atoms with E-state index in [1.54, 1.807) is 13.0 Å². The molecule has 0 aromatic heterocycles. The van der Waals surface area contributed by atoms with Crippen molar-refractivity contribution < 1.29 is 23.7 Å². The van der Waals surface area contributed by atoms with Crippen molar-refractivity contribution in [1.29, 1.82) is 0 Å². The zero-order valence-corrected chi connectivity index (χ0v) is 13.0. The summed E-state index contributed by atoms with van der Waals surface area (Å²) >= 11 is 0. The topological polar surface area (TPSA) is 66.0 Å². The lowest BCUT2D eigenvalue weighted by molar-refractivity contribution is -0.117. The summed E-state index contributed by atoms with van der Waals surface area (Å²) < 4.78 is 21.3. The molecule has 0 spiro atoms. The van der Waals surface area contributed by atoms with E-state index in [1.165, 1.54) is 28.4 Å². The standard InChI is InChI=1S/C15H21NO5/c1-9(2)15(17)16-8-10-7-11(18-3)13(20-5)14(21-6)12(10)19-4/h7H,1,8H2,2-6H3,(H,16,17). The van der Waals surface area contributed by atoms with Crippen molar-refractivity contribution in [3.8, 4) is 23.0 Å². The van der Waals surface area contributed by atoms with Crippen LogP contribution in [0.25, 0.3) is 0 Å². The number of nitrogens with one attached hydrogen (secondary N) is 1. The normalized spacial score (nSPS) is 9.76. The first-order valence-corrected chi connectivity index (χ1v) is 6.29. The van der Waals surface area contributed by atoms with Crippen LogP contribution >= 0.6 is 0 Å². The van der Waals surface area contributed by atoms with Crippen LogP contribution in [0, 0.1) is 0 Å². The minimum atomic E-state index is -0.231. The van der Waals surface area contributed by atoms with E-state index in [4.69, 9.17) is 18.9 Å². The van der Waals surface area contributed by atoms with Gasteiger partial charge in [0, 0.05) is 17.7 Å². The van der Waals surface area contributed by atoms with Gasteiger partial charge in [-0.15, -0.1) is 0 Å². The van der Waals surface area contributed by atoms with E-state index in [1.807, 2.05) is 0 Å². The Kier molecular flexibility index (Phi) is 5.90. The minimum absolute atomic E-state index is 0.231. The molecule has 1 N–H and O–H groups in total. The second-order valence-corrected chi connectivity index (χ2v) is 4.30. The third kappa shape index (κ3) is 3.59. The van der Waals surface area contributed by atoms with Gasteiger partial charge in [-0.3, -0.25) is 4.79 Å². The molecule has 21 heavy (non-hydrogen) atoms. The first-order valence-electron chi connectivity index (χ1n) is 6.29. The average molecular weight is 295 g/mol. The Morgan fingerprint density at radius 1 is 1.05 bits per heavy atom. The van der Waals surface area contributed by atoms with Crippen LogP contribution in [0.5, 0.6) is 23.0 Å². The van der Waals surface area contributed by atoms with Crippen molar-refractivity contribution in [3.05, 3.63) is 23.8 Å². The van der Waals surface area contributed by atoms with E-state index in [2.05, 4.69) is 11.9 Å². The highest BCUT2D eigenvalue weighted by Crippen LogP contribution is 2.46. The summed E-state index contributed by atoms with van der Waals surface area (Å²) in [5.41, 5.74) is 1.14. The van der Waals surface area contributed by atoms with Gasteiger partial charge in [-0.1, -0.05) is 6.58 Å². The van der Waals surface area contributed by atoms with Crippen LogP contribution in [-0.4, -0.2) is 34.3 Å². The Labute approximate surface area is 124 Å². The highest BCUT2D eigenvalue weighted by molar-refractivity contribution is 5.92. The van der Waals surface area contributed by atoms with Crippen molar-refractivity contribution in [2.24, 2.45) is 0 Å². The largest absolute Gasteiger partial charge is 0.493 e. The minimum Gasteiger partial charge on any atom is -0.493 e. The van der Waals surface area contributed by atoms with E-state index in [0.29, 0.717) is 34.1 Å². The quantitative estimate of drug-likeness (QED) is 0.778. The number of carbonyl (C=O) groups is 1. The SMILES string of the molecule is C=C(C)C(=O)NCc1cc(OC)c(OC)c(OC)c1OC. The lowest BCUT2D eigenvalue weighted by atomic mass is 10.1. The van der Waals surface area contributed by atoms with Crippen LogP contribution in [0.1, 0.15) is 12.5 Å². The Morgan fingerprint density at radius 3 is 2.05 bits per heavy atom. The van der Waals surface area contributed by atoms with Crippen LogP contribution in [0.4, 0.5) is 0 Å². The Morgan fingerprint density at radius 2 is 1.62 bits per heavy atom. The molecule has 0 aliphatic carbocycles. The Hall–Kier alpha value is -2.37. The number of benzene rings is 1. The molecule has 1 rings (SSSR count). The van der Waals surface area contributed by atoms with E-state index in [-0.39, 0.29) is 12.5 Å². The van der Waals surface area contributed by atoms with E-state index >= 15 is 0 Å². The van der Waals surface area contributed by atoms with Gasteiger partial charge in [0.25, 0.3) is 0 Å². The number of hydrogen-bond donors (Lipinski definition) is 1. The maximum Gasteiger partial charge on any atom is 0.246 e. The molecule has 0 bridgehead atoms. The highest BCUT2D eigenvalue weighted by Gasteiger charge is 2.21.